The minimum atomic E-state index is -2.34. The first-order valence-corrected chi connectivity index (χ1v) is 43.7. The van der Waals surface area contributed by atoms with Gasteiger partial charge in [-0.05, 0) is 189 Å². The molecule has 0 spiro atoms. The van der Waals surface area contributed by atoms with Crippen LogP contribution in [0.1, 0.15) is 115 Å². The molecule has 0 atom stereocenters. The Morgan fingerprint density at radius 2 is 0.508 bits per heavy atom. The van der Waals surface area contributed by atoms with Crippen LogP contribution in [0, 0.1) is 80.8 Å². The van der Waals surface area contributed by atoms with Crippen molar-refractivity contribution in [1.82, 2.24) is 27.4 Å². The number of rotatable bonds is 11. The number of benzene rings is 16. The van der Waals surface area contributed by atoms with Gasteiger partial charge in [-0.3, -0.25) is 0 Å². The molecule has 0 radical (unpaired) electrons. The molecular weight excluding hydrogens is 1670 g/mol. The van der Waals surface area contributed by atoms with Crippen LogP contribution >= 0.6 is 0 Å². The lowest BCUT2D eigenvalue weighted by Gasteiger charge is -2.26. The predicted molar refractivity (Wildman–Crippen MR) is 512 cm³/mol. The zero-order valence-electron chi connectivity index (χ0n) is 73.5. The van der Waals surface area contributed by atoms with Gasteiger partial charge in [-0.25, -0.2) is 43.9 Å². The highest BCUT2D eigenvalue weighted by Gasteiger charge is 2.36. The second-order valence-electron chi connectivity index (χ2n) is 38.4. The standard InChI is InChI=1S/C114H80F10N8/c1-111(2,3)63-35-43-87-78(49-63)79-50-64(112(4,5)6)36-44-88(79)129(87)94-47-61(58-125)76(99-101(115)105(119)109(123)106(120)102(99)116)55-96(94)130-89-45-37-65(113(7,8)9)51-80(89)81-52-66(38-46-90(81)130)114(10,11)57-60-23-22-34-91-98(60)75-28-16-21-33-86(75)128(91)68-40-42-73-71-26-14-19-31-84(71)131(92(73)54-68)95-48-62(59-126)77(100-103(117)107(121)110(124)108(122)104(100)118)56-97(95)132-85-32-20-15-27-72(85)74-41-39-67(53-93(74)132)127-82-29-17-12-24-69(82)70-25-13-18-30-83(70)127/h12-56H,57H2,1-11H3. The van der Waals surface area contributed by atoms with Gasteiger partial charge in [0.15, 0.2) is 46.5 Å². The molecule has 8 nitrogen and oxygen atoms in total. The van der Waals surface area contributed by atoms with Gasteiger partial charge in [-0.1, -0.05) is 216 Å². The molecule has 6 aromatic heterocycles. The van der Waals surface area contributed by atoms with Gasteiger partial charge >= 0.3 is 0 Å². The number of nitriles is 2. The molecule has 18 heteroatoms. The first-order chi connectivity index (χ1) is 63.2. The average molecular weight is 1750 g/mol. The maximum Gasteiger partial charge on any atom is 0.200 e. The number of fused-ring (bicyclic) bond motifs is 18. The molecule has 0 fully saturated rings. The Kier molecular flexibility index (Phi) is 18.3. The zero-order chi connectivity index (χ0) is 91.9. The first-order valence-electron chi connectivity index (χ1n) is 43.7. The molecule has 0 saturated carbocycles. The Labute approximate surface area is 751 Å². The van der Waals surface area contributed by atoms with Gasteiger partial charge in [0.2, 0.25) is 11.6 Å². The molecule has 0 aliphatic carbocycles. The fourth-order valence-corrected chi connectivity index (χ4v) is 20.6. The molecule has 132 heavy (non-hydrogen) atoms. The summed E-state index contributed by atoms with van der Waals surface area (Å²) in [4.78, 5) is 0. The summed E-state index contributed by atoms with van der Waals surface area (Å²) < 4.78 is 173. The van der Waals surface area contributed by atoms with E-state index in [1.807, 2.05) is 164 Å². The smallest absolute Gasteiger partial charge is 0.200 e. The van der Waals surface area contributed by atoms with Crippen LogP contribution in [0.2, 0.25) is 0 Å². The number of halogens is 10. The van der Waals surface area contributed by atoms with Crippen molar-refractivity contribution in [2.24, 2.45) is 0 Å². The molecule has 6 heterocycles. The van der Waals surface area contributed by atoms with E-state index in [0.717, 1.165) is 137 Å². The topological polar surface area (TPSA) is 77.2 Å². The molecule has 16 aromatic carbocycles. The van der Waals surface area contributed by atoms with Gasteiger partial charge in [0, 0.05) is 87.1 Å². The van der Waals surface area contributed by atoms with E-state index in [1.165, 1.54) is 24.3 Å². The molecule has 0 saturated heterocycles. The van der Waals surface area contributed by atoms with E-state index in [-0.39, 0.29) is 38.7 Å². The number of aromatic nitrogens is 6. The van der Waals surface area contributed by atoms with Crippen LogP contribution in [-0.4, -0.2) is 27.4 Å². The molecule has 0 aliphatic rings. The first kappa shape index (κ1) is 82.3. The Bertz CT molecular complexity index is 8770. The van der Waals surface area contributed by atoms with E-state index in [0.29, 0.717) is 50.9 Å². The quantitative estimate of drug-likeness (QED) is 0.0735. The van der Waals surface area contributed by atoms with Gasteiger partial charge in [0.05, 0.1) is 123 Å². The van der Waals surface area contributed by atoms with E-state index in [2.05, 4.69) is 201 Å². The molecule has 0 aliphatic heterocycles. The summed E-state index contributed by atoms with van der Waals surface area (Å²) >= 11 is 0. The Hall–Kier alpha value is -15.4. The number of para-hydroxylation sites is 5. The van der Waals surface area contributed by atoms with Crippen LogP contribution in [0.5, 0.6) is 0 Å². The molecule has 646 valence electrons. The van der Waals surface area contributed by atoms with Crippen molar-refractivity contribution in [1.29, 1.82) is 10.5 Å². The highest BCUT2D eigenvalue weighted by Crippen LogP contribution is 2.51. The minimum absolute atomic E-state index is 0.237. The monoisotopic (exact) mass is 1750 g/mol. The third kappa shape index (κ3) is 12.2. The highest BCUT2D eigenvalue weighted by molar-refractivity contribution is 6.17. The second-order valence-corrected chi connectivity index (χ2v) is 38.4. The van der Waals surface area contributed by atoms with Crippen LogP contribution in [0.15, 0.2) is 273 Å². The second kappa shape index (κ2) is 29.3. The molecule has 0 N–H and O–H groups in total. The van der Waals surface area contributed by atoms with Crippen molar-refractivity contribution in [3.05, 3.63) is 370 Å². The van der Waals surface area contributed by atoms with Crippen molar-refractivity contribution in [2.45, 2.75) is 104 Å². The maximum absolute atomic E-state index is 16.8. The van der Waals surface area contributed by atoms with Crippen LogP contribution in [0.25, 0.3) is 187 Å². The Morgan fingerprint density at radius 3 is 0.864 bits per heavy atom. The molecular formula is C114H80F10N8. The van der Waals surface area contributed by atoms with Gasteiger partial charge in [-0.2, -0.15) is 10.5 Å². The summed E-state index contributed by atoms with van der Waals surface area (Å²) in [6.45, 7) is 23.6. The fraction of sp³-hybridized carbons (Fsp3) is 0.140. The lowest BCUT2D eigenvalue weighted by molar-refractivity contribution is 0.381. The minimum Gasteiger partial charge on any atom is -0.309 e. The molecule has 22 aromatic rings. The van der Waals surface area contributed by atoms with Crippen molar-refractivity contribution in [3.8, 4) is 68.5 Å². The van der Waals surface area contributed by atoms with Crippen molar-refractivity contribution in [3.63, 3.8) is 0 Å². The van der Waals surface area contributed by atoms with E-state index >= 15 is 43.9 Å². The summed E-state index contributed by atoms with van der Waals surface area (Å²) in [5.74, 6) is -21.7. The fourth-order valence-electron chi connectivity index (χ4n) is 20.6. The average Bonchev–Trinajstić information content (AvgIpc) is 1.60. The van der Waals surface area contributed by atoms with E-state index in [1.54, 1.807) is 0 Å². The summed E-state index contributed by atoms with van der Waals surface area (Å²) in [6.07, 6.45) is 0.476. The van der Waals surface area contributed by atoms with Crippen molar-refractivity contribution >= 4 is 131 Å². The molecule has 0 amide bonds. The van der Waals surface area contributed by atoms with Crippen molar-refractivity contribution < 1.29 is 43.9 Å². The van der Waals surface area contributed by atoms with Gasteiger partial charge < -0.3 is 27.4 Å². The summed E-state index contributed by atoms with van der Waals surface area (Å²) in [5.41, 5.74) is 10.7. The lowest BCUT2D eigenvalue weighted by atomic mass is 9.78. The zero-order valence-corrected chi connectivity index (χ0v) is 73.5. The highest BCUT2D eigenvalue weighted by atomic mass is 19.2. The van der Waals surface area contributed by atoms with E-state index in [4.69, 9.17) is 0 Å². The van der Waals surface area contributed by atoms with Crippen LogP contribution in [0.4, 0.5) is 43.9 Å². The molecule has 0 unspecified atom stereocenters. The van der Waals surface area contributed by atoms with Gasteiger partial charge in [-0.15, -0.1) is 0 Å². The summed E-state index contributed by atoms with van der Waals surface area (Å²) in [7, 11) is 0. The van der Waals surface area contributed by atoms with E-state index < -0.39 is 85.8 Å². The van der Waals surface area contributed by atoms with Gasteiger partial charge in [0.1, 0.15) is 0 Å². The lowest BCUT2D eigenvalue weighted by Crippen LogP contribution is -2.20. The summed E-state index contributed by atoms with van der Waals surface area (Å²) in [5, 5.41) is 33.2. The molecule has 0 bridgehead atoms. The van der Waals surface area contributed by atoms with Gasteiger partial charge in [0.25, 0.3) is 0 Å². The Balaban J connectivity index is 0.735. The van der Waals surface area contributed by atoms with Crippen LogP contribution < -0.4 is 0 Å². The normalized spacial score (nSPS) is 12.6. The predicted octanol–water partition coefficient (Wildman–Crippen LogP) is 31.2. The largest absolute Gasteiger partial charge is 0.309 e. The maximum atomic E-state index is 16.8. The van der Waals surface area contributed by atoms with E-state index in [9.17, 15) is 10.5 Å². The Morgan fingerprint density at radius 1 is 0.235 bits per heavy atom. The number of hydrogen-bond acceptors (Lipinski definition) is 2. The SMILES string of the molecule is CC(C)(C)c1ccc2c(c1)c1cc(C(C)(C)C)ccc1n2-c1cc(C#N)c(-c2c(F)c(F)c(F)c(F)c2F)cc1-n1c2ccc(C(C)(C)C)cc2c2cc(C(C)(C)Cc3cccc4c3c3ccccc3n4-c3ccc4c5ccccc5n(-c5cc(C#N)c(-c6c(F)c(F)c(F)c(F)c6F)cc5-n5c6ccccc6c6ccc(-n7c8ccccc8c8ccccc87)cc65)c4c3)ccc21. The summed E-state index contributed by atoms with van der Waals surface area (Å²) in [6, 6.07) is 93.2. The van der Waals surface area contributed by atoms with Crippen molar-refractivity contribution in [2.75, 3.05) is 0 Å². The van der Waals surface area contributed by atoms with Crippen LogP contribution in [0.3, 0.4) is 0 Å². The number of nitrogens with zero attached hydrogens (tertiary/aromatic N) is 8. The third-order valence-electron chi connectivity index (χ3n) is 27.1. The number of hydrogen-bond donors (Lipinski definition) is 0. The molecule has 22 rings (SSSR count). The third-order valence-corrected chi connectivity index (χ3v) is 27.1. The van der Waals surface area contributed by atoms with Crippen LogP contribution in [-0.2, 0) is 28.1 Å².